The van der Waals surface area contributed by atoms with Crippen molar-refractivity contribution in [2.75, 3.05) is 13.2 Å². The molecule has 5 heteroatoms. The Morgan fingerprint density at radius 3 is 2.77 bits per heavy atom. The van der Waals surface area contributed by atoms with E-state index in [0.717, 1.165) is 0 Å². The van der Waals surface area contributed by atoms with Gasteiger partial charge in [0, 0.05) is 6.20 Å². The molecule has 0 amide bonds. The first-order valence-corrected chi connectivity index (χ1v) is 4.20. The van der Waals surface area contributed by atoms with E-state index in [2.05, 4.69) is 4.98 Å². The molecule has 1 fully saturated rings. The Morgan fingerprint density at radius 2 is 2.15 bits per heavy atom. The topological polar surface area (TPSA) is 31.4 Å². The lowest BCUT2D eigenvalue weighted by atomic mass is 10.2. The Labute approximate surface area is 79.4 Å². The van der Waals surface area contributed by atoms with Gasteiger partial charge in [-0.05, 0) is 6.07 Å². The summed E-state index contributed by atoms with van der Waals surface area (Å²) in [6, 6.07) is 1.23. The molecular weight excluding hydrogens is 197 g/mol. The lowest BCUT2D eigenvalue weighted by Gasteiger charge is -2.10. The van der Waals surface area contributed by atoms with Crippen molar-refractivity contribution in [3.05, 3.63) is 28.8 Å². The summed E-state index contributed by atoms with van der Waals surface area (Å²) in [5.41, 5.74) is 0.182. The zero-order chi connectivity index (χ0) is 9.26. The SMILES string of the molecule is Fc1ccnc(Cl)c1C1OCCO1. The van der Waals surface area contributed by atoms with Gasteiger partial charge in [0.15, 0.2) is 6.29 Å². The molecule has 1 aliphatic heterocycles. The van der Waals surface area contributed by atoms with Gasteiger partial charge < -0.3 is 9.47 Å². The molecule has 0 bridgehead atoms. The smallest absolute Gasteiger partial charge is 0.189 e. The van der Waals surface area contributed by atoms with Gasteiger partial charge in [0.25, 0.3) is 0 Å². The molecule has 3 nitrogen and oxygen atoms in total. The highest BCUT2D eigenvalue weighted by Gasteiger charge is 2.24. The molecular formula is C8H7ClFNO2. The Balaban J connectivity index is 2.37. The number of hydrogen-bond donors (Lipinski definition) is 0. The van der Waals surface area contributed by atoms with E-state index in [4.69, 9.17) is 21.1 Å². The van der Waals surface area contributed by atoms with Crippen LogP contribution in [0.25, 0.3) is 0 Å². The van der Waals surface area contributed by atoms with Crippen LogP contribution in [-0.2, 0) is 9.47 Å². The summed E-state index contributed by atoms with van der Waals surface area (Å²) >= 11 is 5.70. The molecule has 13 heavy (non-hydrogen) atoms. The van der Waals surface area contributed by atoms with Crippen molar-refractivity contribution in [2.24, 2.45) is 0 Å². The van der Waals surface area contributed by atoms with E-state index in [9.17, 15) is 4.39 Å². The van der Waals surface area contributed by atoms with Crippen molar-refractivity contribution in [1.82, 2.24) is 4.98 Å². The summed E-state index contributed by atoms with van der Waals surface area (Å²) in [6.45, 7) is 0.907. The van der Waals surface area contributed by atoms with E-state index in [1.54, 1.807) is 0 Å². The first-order chi connectivity index (χ1) is 6.29. The summed E-state index contributed by atoms with van der Waals surface area (Å²) < 4.78 is 23.4. The normalized spacial score (nSPS) is 18.0. The second-order valence-corrected chi connectivity index (χ2v) is 2.93. The van der Waals surface area contributed by atoms with E-state index in [1.807, 2.05) is 0 Å². The minimum atomic E-state index is -0.707. The van der Waals surface area contributed by atoms with E-state index in [1.165, 1.54) is 12.3 Å². The fraction of sp³-hybridized carbons (Fsp3) is 0.375. The average molecular weight is 204 g/mol. The zero-order valence-corrected chi connectivity index (χ0v) is 7.42. The molecule has 0 saturated carbocycles. The van der Waals surface area contributed by atoms with Crippen LogP contribution in [0.5, 0.6) is 0 Å². The molecule has 1 saturated heterocycles. The second-order valence-electron chi connectivity index (χ2n) is 2.57. The van der Waals surface area contributed by atoms with Crippen LogP contribution >= 0.6 is 11.6 Å². The molecule has 0 aromatic carbocycles. The molecule has 0 spiro atoms. The Morgan fingerprint density at radius 1 is 1.46 bits per heavy atom. The Kier molecular flexibility index (Phi) is 2.44. The molecule has 0 aliphatic carbocycles. The van der Waals surface area contributed by atoms with Gasteiger partial charge in [0.1, 0.15) is 11.0 Å². The molecule has 2 heterocycles. The van der Waals surface area contributed by atoms with E-state index in [-0.39, 0.29) is 10.7 Å². The molecule has 2 rings (SSSR count). The van der Waals surface area contributed by atoms with Crippen LogP contribution in [0.3, 0.4) is 0 Å². The van der Waals surface area contributed by atoms with Crippen molar-refractivity contribution < 1.29 is 13.9 Å². The van der Waals surface area contributed by atoms with Gasteiger partial charge in [-0.15, -0.1) is 0 Å². The predicted octanol–water partition coefficient (Wildman–Crippen LogP) is 1.92. The number of hydrogen-bond acceptors (Lipinski definition) is 3. The minimum Gasteiger partial charge on any atom is -0.346 e. The number of nitrogens with zero attached hydrogens (tertiary/aromatic N) is 1. The molecule has 70 valence electrons. The lowest BCUT2D eigenvalue weighted by molar-refractivity contribution is -0.0466. The summed E-state index contributed by atoms with van der Waals surface area (Å²) in [4.78, 5) is 3.75. The average Bonchev–Trinajstić information content (AvgIpc) is 2.57. The van der Waals surface area contributed by atoms with Crippen LogP contribution in [0.1, 0.15) is 11.9 Å². The van der Waals surface area contributed by atoms with Gasteiger partial charge in [0.05, 0.1) is 18.8 Å². The highest BCUT2D eigenvalue weighted by molar-refractivity contribution is 6.30. The predicted molar refractivity (Wildman–Crippen MR) is 43.9 cm³/mol. The first kappa shape index (κ1) is 8.87. The molecule has 0 unspecified atom stereocenters. The maximum absolute atomic E-state index is 13.2. The summed E-state index contributed by atoms with van der Waals surface area (Å²) in [6.07, 6.45) is 0.594. The zero-order valence-electron chi connectivity index (χ0n) is 6.67. The largest absolute Gasteiger partial charge is 0.346 e. The molecule has 0 atom stereocenters. The number of ether oxygens (including phenoxy) is 2. The first-order valence-electron chi connectivity index (χ1n) is 3.82. The highest BCUT2D eigenvalue weighted by atomic mass is 35.5. The van der Waals surface area contributed by atoms with Crippen LogP contribution in [0.4, 0.5) is 4.39 Å². The number of aromatic nitrogens is 1. The fourth-order valence-electron chi connectivity index (χ4n) is 1.16. The molecule has 0 radical (unpaired) electrons. The van der Waals surface area contributed by atoms with E-state index >= 15 is 0 Å². The number of rotatable bonds is 1. The van der Waals surface area contributed by atoms with Gasteiger partial charge in [-0.1, -0.05) is 11.6 Å². The molecule has 1 aromatic heterocycles. The molecule has 1 aliphatic rings. The Hall–Kier alpha value is -0.710. The van der Waals surface area contributed by atoms with Gasteiger partial charge >= 0.3 is 0 Å². The van der Waals surface area contributed by atoms with Crippen molar-refractivity contribution in [2.45, 2.75) is 6.29 Å². The third kappa shape index (κ3) is 1.65. The van der Waals surface area contributed by atoms with Crippen molar-refractivity contribution in [3.8, 4) is 0 Å². The third-order valence-electron chi connectivity index (χ3n) is 1.75. The van der Waals surface area contributed by atoms with Gasteiger partial charge in [-0.3, -0.25) is 0 Å². The lowest BCUT2D eigenvalue weighted by Crippen LogP contribution is -2.03. The van der Waals surface area contributed by atoms with Crippen LogP contribution in [0, 0.1) is 5.82 Å². The summed E-state index contributed by atoms with van der Waals surface area (Å²) in [7, 11) is 0. The van der Waals surface area contributed by atoms with Crippen molar-refractivity contribution in [3.63, 3.8) is 0 Å². The van der Waals surface area contributed by atoms with Crippen LogP contribution < -0.4 is 0 Å². The maximum Gasteiger partial charge on any atom is 0.189 e. The number of halogens is 2. The standard InChI is InChI=1S/C8H7ClFNO2/c9-7-6(5(10)1-2-11-7)8-12-3-4-13-8/h1-2,8H,3-4H2. The van der Waals surface area contributed by atoms with Crippen LogP contribution in [0.2, 0.25) is 5.15 Å². The van der Waals surface area contributed by atoms with Crippen molar-refractivity contribution in [1.29, 1.82) is 0 Å². The number of pyridine rings is 1. The van der Waals surface area contributed by atoms with Crippen molar-refractivity contribution >= 4 is 11.6 Å². The van der Waals surface area contributed by atoms with E-state index < -0.39 is 12.1 Å². The maximum atomic E-state index is 13.2. The molecule has 1 aromatic rings. The quantitative estimate of drug-likeness (QED) is 0.654. The van der Waals surface area contributed by atoms with Gasteiger partial charge in [-0.25, -0.2) is 9.37 Å². The minimum absolute atomic E-state index is 0.0897. The summed E-state index contributed by atoms with van der Waals surface area (Å²) in [5, 5.41) is 0.0897. The fourth-order valence-corrected chi connectivity index (χ4v) is 1.40. The van der Waals surface area contributed by atoms with E-state index in [0.29, 0.717) is 13.2 Å². The van der Waals surface area contributed by atoms with Crippen LogP contribution in [-0.4, -0.2) is 18.2 Å². The third-order valence-corrected chi connectivity index (χ3v) is 2.05. The summed E-state index contributed by atoms with van der Waals surface area (Å²) in [5.74, 6) is -0.452. The highest BCUT2D eigenvalue weighted by Crippen LogP contribution is 2.29. The monoisotopic (exact) mass is 203 g/mol. The van der Waals surface area contributed by atoms with Gasteiger partial charge in [-0.2, -0.15) is 0 Å². The van der Waals surface area contributed by atoms with Gasteiger partial charge in [0.2, 0.25) is 0 Å². The second kappa shape index (κ2) is 3.57. The Bertz CT molecular complexity index is 295. The van der Waals surface area contributed by atoms with Crippen LogP contribution in [0.15, 0.2) is 12.3 Å². The molecule has 0 N–H and O–H groups in total.